The Hall–Kier alpha value is -2.90. The van der Waals surface area contributed by atoms with E-state index in [1.54, 1.807) is 18.2 Å². The molecule has 2 atom stereocenters. The number of fused-ring (bicyclic) bond motifs is 1. The van der Waals surface area contributed by atoms with E-state index in [2.05, 4.69) is 0 Å². The molecule has 0 unspecified atom stereocenters. The molecule has 1 aliphatic carbocycles. The van der Waals surface area contributed by atoms with Crippen LogP contribution in [0.5, 0.6) is 5.75 Å². The minimum atomic E-state index is -0.728. The van der Waals surface area contributed by atoms with E-state index in [0.29, 0.717) is 23.6 Å². The molecule has 2 aliphatic rings. The van der Waals surface area contributed by atoms with Crippen LogP contribution >= 0.6 is 23.2 Å². The molecule has 0 radical (unpaired) electrons. The Morgan fingerprint density at radius 1 is 1.03 bits per heavy atom. The van der Waals surface area contributed by atoms with Crippen molar-refractivity contribution in [3.8, 4) is 5.75 Å². The quantitative estimate of drug-likeness (QED) is 0.443. The van der Waals surface area contributed by atoms with Crippen molar-refractivity contribution in [3.05, 3.63) is 63.6 Å². The predicted octanol–water partition coefficient (Wildman–Crippen LogP) is 4.42. The van der Waals surface area contributed by atoms with Gasteiger partial charge in [0.1, 0.15) is 12.3 Å². The van der Waals surface area contributed by atoms with Gasteiger partial charge in [0.25, 0.3) is 17.7 Å². The highest BCUT2D eigenvalue weighted by atomic mass is 35.5. The third-order valence-corrected chi connectivity index (χ3v) is 6.69. The first kappa shape index (κ1) is 23.3. The van der Waals surface area contributed by atoms with Crippen molar-refractivity contribution >= 4 is 46.7 Å². The first-order valence-corrected chi connectivity index (χ1v) is 11.4. The van der Waals surface area contributed by atoms with Crippen LogP contribution in [0.15, 0.2) is 42.5 Å². The topological polar surface area (TPSA) is 84.0 Å². The summed E-state index contributed by atoms with van der Waals surface area (Å²) in [7, 11) is 1.48. The number of Topliss-reactive ketones (excluding diaryl/α,β-unsaturated/α-hetero) is 1. The summed E-state index contributed by atoms with van der Waals surface area (Å²) in [5.41, 5.74) is 0.320. The first-order chi connectivity index (χ1) is 15.8. The molecule has 4 rings (SSSR count). The van der Waals surface area contributed by atoms with E-state index in [1.165, 1.54) is 31.4 Å². The molecule has 9 heteroatoms. The van der Waals surface area contributed by atoms with Crippen LogP contribution in [0.1, 0.15) is 46.4 Å². The fraction of sp³-hybridized carbons (Fsp3) is 0.333. The standard InChI is InChI=1S/C24H22Cl2N2O5/c1-33-16-6-4-5-14(11-16)21(29)13-27(22(30)19-10-9-15(25)12-20(19)26)28-23(31)17-7-2-3-8-18(17)24(28)32/h4-6,9-12,17-18H,2-3,7-8,13H2,1H3/t17-,18-/m1/s1. The number of benzene rings is 2. The largest absolute Gasteiger partial charge is 0.497 e. The third kappa shape index (κ3) is 4.48. The van der Waals surface area contributed by atoms with E-state index in [9.17, 15) is 19.2 Å². The maximum Gasteiger partial charge on any atom is 0.274 e. The lowest BCUT2D eigenvalue weighted by Gasteiger charge is -2.30. The van der Waals surface area contributed by atoms with Crippen LogP contribution in [0, 0.1) is 11.8 Å². The summed E-state index contributed by atoms with van der Waals surface area (Å²) in [6, 6.07) is 10.7. The molecular formula is C24H22Cl2N2O5. The van der Waals surface area contributed by atoms with Gasteiger partial charge in [0.15, 0.2) is 5.78 Å². The van der Waals surface area contributed by atoms with E-state index in [0.717, 1.165) is 22.9 Å². The fourth-order valence-electron chi connectivity index (χ4n) is 4.44. The number of imide groups is 1. The van der Waals surface area contributed by atoms with Crippen molar-refractivity contribution in [1.29, 1.82) is 0 Å². The van der Waals surface area contributed by atoms with Crippen LogP contribution in [0.4, 0.5) is 0 Å². The monoisotopic (exact) mass is 488 g/mol. The van der Waals surface area contributed by atoms with Gasteiger partial charge in [-0.1, -0.05) is 48.2 Å². The number of carbonyl (C=O) groups is 4. The molecule has 0 spiro atoms. The normalized spacial score (nSPS) is 19.9. The summed E-state index contributed by atoms with van der Waals surface area (Å²) in [4.78, 5) is 53.1. The smallest absolute Gasteiger partial charge is 0.274 e. The summed E-state index contributed by atoms with van der Waals surface area (Å²) in [5, 5.41) is 2.16. The van der Waals surface area contributed by atoms with Gasteiger partial charge < -0.3 is 4.74 Å². The predicted molar refractivity (Wildman–Crippen MR) is 122 cm³/mol. The van der Waals surface area contributed by atoms with Crippen LogP contribution in [0.2, 0.25) is 10.0 Å². The number of nitrogens with zero attached hydrogens (tertiary/aromatic N) is 2. The zero-order valence-electron chi connectivity index (χ0n) is 17.9. The van der Waals surface area contributed by atoms with E-state index >= 15 is 0 Å². The number of hydrogen-bond donors (Lipinski definition) is 0. The van der Waals surface area contributed by atoms with Crippen LogP contribution in [-0.4, -0.2) is 47.2 Å². The SMILES string of the molecule is COc1cccc(C(=O)CN(C(=O)c2ccc(Cl)cc2Cl)N2C(=O)[C@@H]3CCCC[C@H]3C2=O)c1. The molecule has 1 saturated heterocycles. The number of hydrogen-bond acceptors (Lipinski definition) is 5. The zero-order valence-corrected chi connectivity index (χ0v) is 19.4. The Balaban J connectivity index is 1.72. The van der Waals surface area contributed by atoms with Gasteiger partial charge in [-0.25, -0.2) is 5.01 Å². The van der Waals surface area contributed by atoms with Crippen LogP contribution < -0.4 is 4.74 Å². The number of carbonyl (C=O) groups excluding carboxylic acids is 4. The molecule has 2 aromatic carbocycles. The average Bonchev–Trinajstić information content (AvgIpc) is 3.07. The van der Waals surface area contributed by atoms with Crippen molar-refractivity contribution < 1.29 is 23.9 Å². The summed E-state index contributed by atoms with van der Waals surface area (Å²) in [5.74, 6) is -2.58. The molecule has 2 aromatic rings. The van der Waals surface area contributed by atoms with Gasteiger partial charge in [0.05, 0.1) is 29.5 Å². The van der Waals surface area contributed by atoms with E-state index in [4.69, 9.17) is 27.9 Å². The number of rotatable bonds is 6. The Morgan fingerprint density at radius 2 is 1.70 bits per heavy atom. The molecule has 2 fully saturated rings. The summed E-state index contributed by atoms with van der Waals surface area (Å²) >= 11 is 12.2. The summed E-state index contributed by atoms with van der Waals surface area (Å²) in [6.45, 7) is -0.512. The second-order valence-corrected chi connectivity index (χ2v) is 8.97. The Labute approximate surface area is 201 Å². The molecule has 1 heterocycles. The molecule has 3 amide bonds. The number of halogens is 2. The molecular weight excluding hydrogens is 467 g/mol. The first-order valence-electron chi connectivity index (χ1n) is 10.6. The van der Waals surface area contributed by atoms with Crippen LogP contribution in [0.25, 0.3) is 0 Å². The molecule has 0 N–H and O–H groups in total. The van der Waals surface area contributed by atoms with Gasteiger partial charge in [-0.2, -0.15) is 5.01 Å². The van der Waals surface area contributed by atoms with E-state index in [-0.39, 0.29) is 16.1 Å². The highest BCUT2D eigenvalue weighted by Crippen LogP contribution is 2.39. The lowest BCUT2D eigenvalue weighted by molar-refractivity contribution is -0.154. The van der Waals surface area contributed by atoms with Gasteiger partial charge >= 0.3 is 0 Å². The minimum absolute atomic E-state index is 0.0370. The summed E-state index contributed by atoms with van der Waals surface area (Å²) < 4.78 is 5.17. The number of ketones is 1. The van der Waals surface area contributed by atoms with Crippen LogP contribution in [-0.2, 0) is 9.59 Å². The number of methoxy groups -OCH3 is 1. The molecule has 33 heavy (non-hydrogen) atoms. The van der Waals surface area contributed by atoms with Gasteiger partial charge in [-0.15, -0.1) is 0 Å². The maximum absolute atomic E-state index is 13.5. The molecule has 0 bridgehead atoms. The van der Waals surface area contributed by atoms with Gasteiger partial charge in [-0.3, -0.25) is 19.2 Å². The van der Waals surface area contributed by atoms with Crippen molar-refractivity contribution in [2.45, 2.75) is 25.7 Å². The number of amides is 3. The highest BCUT2D eigenvalue weighted by Gasteiger charge is 2.52. The molecule has 172 valence electrons. The van der Waals surface area contributed by atoms with Gasteiger partial charge in [-0.05, 0) is 43.2 Å². The zero-order chi connectivity index (χ0) is 23.7. The Kier molecular flexibility index (Phi) is 6.72. The highest BCUT2D eigenvalue weighted by molar-refractivity contribution is 6.36. The lowest BCUT2D eigenvalue weighted by atomic mass is 9.81. The van der Waals surface area contributed by atoms with Crippen molar-refractivity contribution in [2.24, 2.45) is 11.8 Å². The Morgan fingerprint density at radius 3 is 2.30 bits per heavy atom. The molecule has 7 nitrogen and oxygen atoms in total. The number of ether oxygens (including phenoxy) is 1. The fourth-order valence-corrected chi connectivity index (χ4v) is 4.93. The van der Waals surface area contributed by atoms with Gasteiger partial charge in [0.2, 0.25) is 0 Å². The lowest BCUT2D eigenvalue weighted by Crippen LogP contribution is -2.52. The van der Waals surface area contributed by atoms with E-state index in [1.807, 2.05) is 0 Å². The molecule has 0 aromatic heterocycles. The maximum atomic E-state index is 13.5. The van der Waals surface area contributed by atoms with Crippen molar-refractivity contribution in [3.63, 3.8) is 0 Å². The number of hydrazine groups is 1. The van der Waals surface area contributed by atoms with Gasteiger partial charge in [0, 0.05) is 10.6 Å². The average molecular weight is 489 g/mol. The van der Waals surface area contributed by atoms with Crippen molar-refractivity contribution in [1.82, 2.24) is 10.0 Å². The van der Waals surface area contributed by atoms with Crippen molar-refractivity contribution in [2.75, 3.05) is 13.7 Å². The minimum Gasteiger partial charge on any atom is -0.497 e. The van der Waals surface area contributed by atoms with E-state index < -0.39 is 41.9 Å². The van der Waals surface area contributed by atoms with Crippen LogP contribution in [0.3, 0.4) is 0 Å². The third-order valence-electron chi connectivity index (χ3n) is 6.14. The molecule has 1 aliphatic heterocycles. The Bertz CT molecular complexity index is 1110. The second-order valence-electron chi connectivity index (χ2n) is 8.13. The summed E-state index contributed by atoms with van der Waals surface area (Å²) in [6.07, 6.45) is 2.85. The second kappa shape index (κ2) is 9.53. The molecule has 1 saturated carbocycles.